The second-order valence-electron chi connectivity index (χ2n) is 4.98. The van der Waals surface area contributed by atoms with Gasteiger partial charge in [0, 0.05) is 13.7 Å². The van der Waals surface area contributed by atoms with Crippen LogP contribution in [0.3, 0.4) is 0 Å². The van der Waals surface area contributed by atoms with Gasteiger partial charge in [-0.1, -0.05) is 13.8 Å². The second-order valence-corrected chi connectivity index (χ2v) is 4.98. The molecule has 2 atom stereocenters. The van der Waals surface area contributed by atoms with Crippen molar-refractivity contribution in [3.05, 3.63) is 0 Å². The molecule has 1 saturated carbocycles. The average Bonchev–Trinajstić information content (AvgIpc) is 2.75. The van der Waals surface area contributed by atoms with Crippen molar-refractivity contribution in [2.45, 2.75) is 32.8 Å². The van der Waals surface area contributed by atoms with E-state index in [9.17, 15) is 0 Å². The first-order valence-electron chi connectivity index (χ1n) is 5.53. The Labute approximate surface area is 87.4 Å². The molecule has 0 aromatic rings. The minimum absolute atomic E-state index is 0.217. The van der Waals surface area contributed by atoms with E-state index in [2.05, 4.69) is 19.2 Å². The monoisotopic (exact) mass is 200 g/mol. The summed E-state index contributed by atoms with van der Waals surface area (Å²) in [5.41, 5.74) is 6.11. The normalized spacial score (nSPS) is 26.1. The number of nitrogens with two attached hydrogens (primary N) is 1. The summed E-state index contributed by atoms with van der Waals surface area (Å²) in [7, 11) is 1.72. The van der Waals surface area contributed by atoms with Gasteiger partial charge in [0.25, 0.3) is 0 Å². The smallest absolute Gasteiger partial charge is 0.0705 e. The Kier molecular flexibility index (Phi) is 4.35. The Bertz CT molecular complexity index is 163. The molecule has 0 aromatic carbocycles. The quantitative estimate of drug-likeness (QED) is 0.602. The van der Waals surface area contributed by atoms with Gasteiger partial charge in [-0.05, 0) is 37.3 Å². The van der Waals surface area contributed by atoms with Crippen molar-refractivity contribution in [3.8, 4) is 0 Å². The SMILES string of the molecule is COC(CN)CCNCC1CC1(C)C. The highest BCUT2D eigenvalue weighted by molar-refractivity contribution is 4.95. The molecule has 1 fully saturated rings. The lowest BCUT2D eigenvalue weighted by Crippen LogP contribution is -2.28. The van der Waals surface area contributed by atoms with Crippen LogP contribution in [0.25, 0.3) is 0 Å². The summed E-state index contributed by atoms with van der Waals surface area (Å²) in [5.74, 6) is 0.876. The third-order valence-electron chi connectivity index (χ3n) is 3.35. The molecule has 0 spiro atoms. The van der Waals surface area contributed by atoms with E-state index in [1.807, 2.05) is 0 Å². The number of methoxy groups -OCH3 is 1. The molecule has 1 aliphatic carbocycles. The number of hydrogen-bond acceptors (Lipinski definition) is 3. The molecule has 0 aromatic heterocycles. The fraction of sp³-hybridized carbons (Fsp3) is 1.00. The van der Waals surface area contributed by atoms with Crippen LogP contribution in [-0.2, 0) is 4.74 Å². The van der Waals surface area contributed by atoms with Crippen molar-refractivity contribution in [2.24, 2.45) is 17.1 Å². The Hall–Kier alpha value is -0.120. The molecule has 2 unspecified atom stereocenters. The van der Waals surface area contributed by atoms with E-state index in [1.54, 1.807) is 7.11 Å². The standard InChI is InChI=1S/C11H24N2O/c1-11(2)6-9(11)8-13-5-4-10(7-12)14-3/h9-10,13H,4-8,12H2,1-3H3. The molecule has 0 heterocycles. The topological polar surface area (TPSA) is 47.3 Å². The molecular weight excluding hydrogens is 176 g/mol. The first-order valence-corrected chi connectivity index (χ1v) is 5.53. The Morgan fingerprint density at radius 3 is 2.64 bits per heavy atom. The molecule has 84 valence electrons. The summed E-state index contributed by atoms with van der Waals surface area (Å²) in [6.45, 7) is 7.44. The number of ether oxygens (including phenoxy) is 1. The van der Waals surface area contributed by atoms with Gasteiger partial charge in [0.2, 0.25) is 0 Å². The molecule has 0 radical (unpaired) electrons. The van der Waals surface area contributed by atoms with E-state index in [4.69, 9.17) is 10.5 Å². The van der Waals surface area contributed by atoms with Crippen molar-refractivity contribution in [3.63, 3.8) is 0 Å². The van der Waals surface area contributed by atoms with E-state index in [-0.39, 0.29) is 6.10 Å². The van der Waals surface area contributed by atoms with E-state index in [0.717, 1.165) is 25.4 Å². The lowest BCUT2D eigenvalue weighted by molar-refractivity contribution is 0.102. The second kappa shape index (κ2) is 5.10. The van der Waals surface area contributed by atoms with Crippen LogP contribution in [0.1, 0.15) is 26.7 Å². The van der Waals surface area contributed by atoms with Crippen molar-refractivity contribution in [2.75, 3.05) is 26.7 Å². The molecule has 3 heteroatoms. The van der Waals surface area contributed by atoms with E-state index in [1.165, 1.54) is 6.42 Å². The summed E-state index contributed by atoms with van der Waals surface area (Å²) in [6.07, 6.45) is 2.60. The molecule has 0 bridgehead atoms. The van der Waals surface area contributed by atoms with Crippen LogP contribution in [-0.4, -0.2) is 32.8 Å². The summed E-state index contributed by atoms with van der Waals surface area (Å²) in [4.78, 5) is 0. The van der Waals surface area contributed by atoms with Gasteiger partial charge in [0.05, 0.1) is 6.10 Å². The molecular formula is C11H24N2O. The molecule has 1 aliphatic rings. The summed E-state index contributed by atoms with van der Waals surface area (Å²) in [5, 5.41) is 3.47. The highest BCUT2D eigenvalue weighted by Crippen LogP contribution is 2.50. The van der Waals surface area contributed by atoms with Crippen LogP contribution in [0.2, 0.25) is 0 Å². The number of nitrogens with one attached hydrogen (secondary N) is 1. The maximum atomic E-state index is 5.53. The van der Waals surface area contributed by atoms with Crippen LogP contribution in [0, 0.1) is 11.3 Å². The molecule has 14 heavy (non-hydrogen) atoms. The Balaban J connectivity index is 1.95. The molecule has 0 amide bonds. The molecule has 1 rings (SSSR count). The van der Waals surface area contributed by atoms with Crippen molar-refractivity contribution >= 4 is 0 Å². The van der Waals surface area contributed by atoms with Gasteiger partial charge in [-0.25, -0.2) is 0 Å². The highest BCUT2D eigenvalue weighted by Gasteiger charge is 2.44. The van der Waals surface area contributed by atoms with E-state index < -0.39 is 0 Å². The maximum Gasteiger partial charge on any atom is 0.0705 e. The zero-order valence-electron chi connectivity index (χ0n) is 9.68. The summed E-state index contributed by atoms with van der Waals surface area (Å²) < 4.78 is 5.20. The van der Waals surface area contributed by atoms with Gasteiger partial charge < -0.3 is 15.8 Å². The van der Waals surface area contributed by atoms with Crippen molar-refractivity contribution < 1.29 is 4.74 Å². The third kappa shape index (κ3) is 3.56. The summed E-state index contributed by atoms with van der Waals surface area (Å²) >= 11 is 0. The molecule has 3 N–H and O–H groups in total. The largest absolute Gasteiger partial charge is 0.380 e. The van der Waals surface area contributed by atoms with Crippen LogP contribution >= 0.6 is 0 Å². The minimum Gasteiger partial charge on any atom is -0.380 e. The fourth-order valence-corrected chi connectivity index (χ4v) is 1.80. The molecule has 0 aliphatic heterocycles. The van der Waals surface area contributed by atoms with Gasteiger partial charge >= 0.3 is 0 Å². The van der Waals surface area contributed by atoms with Gasteiger partial charge in [0.1, 0.15) is 0 Å². The first-order chi connectivity index (χ1) is 6.60. The van der Waals surface area contributed by atoms with Crippen molar-refractivity contribution in [1.29, 1.82) is 0 Å². The summed E-state index contributed by atoms with van der Waals surface area (Å²) in [6, 6.07) is 0. The molecule has 0 saturated heterocycles. The Morgan fingerprint density at radius 1 is 1.57 bits per heavy atom. The lowest BCUT2D eigenvalue weighted by atomic mass is 10.1. The number of rotatable bonds is 7. The third-order valence-corrected chi connectivity index (χ3v) is 3.35. The highest BCUT2D eigenvalue weighted by atomic mass is 16.5. The average molecular weight is 200 g/mol. The predicted octanol–water partition coefficient (Wildman–Crippen LogP) is 0.986. The first kappa shape index (κ1) is 12.0. The lowest BCUT2D eigenvalue weighted by Gasteiger charge is -2.13. The van der Waals surface area contributed by atoms with E-state index in [0.29, 0.717) is 12.0 Å². The van der Waals surface area contributed by atoms with Crippen LogP contribution in [0.4, 0.5) is 0 Å². The molecule has 3 nitrogen and oxygen atoms in total. The van der Waals surface area contributed by atoms with Crippen molar-refractivity contribution in [1.82, 2.24) is 5.32 Å². The van der Waals surface area contributed by atoms with Gasteiger partial charge in [-0.2, -0.15) is 0 Å². The van der Waals surface area contributed by atoms with Gasteiger partial charge in [-0.3, -0.25) is 0 Å². The van der Waals surface area contributed by atoms with E-state index >= 15 is 0 Å². The fourth-order valence-electron chi connectivity index (χ4n) is 1.80. The van der Waals surface area contributed by atoms with Crippen LogP contribution < -0.4 is 11.1 Å². The Morgan fingerprint density at radius 2 is 2.21 bits per heavy atom. The minimum atomic E-state index is 0.217. The number of hydrogen-bond donors (Lipinski definition) is 2. The van der Waals surface area contributed by atoms with Gasteiger partial charge in [-0.15, -0.1) is 0 Å². The predicted molar refractivity (Wildman–Crippen MR) is 59.2 cm³/mol. The van der Waals surface area contributed by atoms with Crippen LogP contribution in [0.5, 0.6) is 0 Å². The van der Waals surface area contributed by atoms with Crippen LogP contribution in [0.15, 0.2) is 0 Å². The van der Waals surface area contributed by atoms with Gasteiger partial charge in [0.15, 0.2) is 0 Å². The zero-order valence-corrected chi connectivity index (χ0v) is 9.68. The zero-order chi connectivity index (χ0) is 10.6. The maximum absolute atomic E-state index is 5.53.